The summed E-state index contributed by atoms with van der Waals surface area (Å²) >= 11 is 0. The quantitative estimate of drug-likeness (QED) is 0.493. The molecule has 0 fully saturated rings. The van der Waals surface area contributed by atoms with Crippen LogP contribution in [-0.4, -0.2) is 15.3 Å². The van der Waals surface area contributed by atoms with Gasteiger partial charge in [-0.05, 0) is 31.9 Å². The van der Waals surface area contributed by atoms with E-state index >= 15 is 0 Å². The van der Waals surface area contributed by atoms with Gasteiger partial charge in [0.2, 0.25) is 0 Å². The Morgan fingerprint density at radius 3 is 2.32 bits per heavy atom. The molecule has 114 valence electrons. The van der Waals surface area contributed by atoms with Crippen LogP contribution in [0.1, 0.15) is 27.0 Å². The summed E-state index contributed by atoms with van der Waals surface area (Å²) in [6.07, 6.45) is 1.10. The highest BCUT2D eigenvalue weighted by atomic mass is 16.6. The molecule has 1 aromatic carbocycles. The zero-order valence-corrected chi connectivity index (χ0v) is 12.6. The number of hydrogen-bond donors (Lipinski definition) is 0. The van der Waals surface area contributed by atoms with Crippen molar-refractivity contribution in [3.63, 3.8) is 0 Å². The molecule has 22 heavy (non-hydrogen) atoms. The van der Waals surface area contributed by atoms with Crippen LogP contribution in [0.3, 0.4) is 0 Å². The van der Waals surface area contributed by atoms with Crippen molar-refractivity contribution in [2.75, 3.05) is 0 Å². The summed E-state index contributed by atoms with van der Waals surface area (Å²) in [6.45, 7) is 5.40. The number of carbonyl (C=O) groups excluding carboxylic acids is 1. The van der Waals surface area contributed by atoms with Gasteiger partial charge in [-0.3, -0.25) is 19.7 Å². The summed E-state index contributed by atoms with van der Waals surface area (Å²) in [5, 5.41) is 10.8. The molecule has 0 radical (unpaired) electrons. The minimum absolute atomic E-state index is 0.217. The van der Waals surface area contributed by atoms with Crippen molar-refractivity contribution >= 4 is 11.5 Å². The zero-order valence-electron chi connectivity index (χ0n) is 12.6. The molecule has 1 aromatic heterocycles. The summed E-state index contributed by atoms with van der Waals surface area (Å²) in [6, 6.07) is 6.03. The lowest BCUT2D eigenvalue weighted by atomic mass is 9.96. The first-order chi connectivity index (χ1) is 10.3. The van der Waals surface area contributed by atoms with Crippen molar-refractivity contribution < 1.29 is 9.72 Å². The van der Waals surface area contributed by atoms with Gasteiger partial charge in [0.1, 0.15) is 0 Å². The lowest BCUT2D eigenvalue weighted by Crippen LogP contribution is -2.24. The second-order valence-electron chi connectivity index (χ2n) is 5.31. The van der Waals surface area contributed by atoms with E-state index in [0.29, 0.717) is 5.56 Å². The lowest BCUT2D eigenvalue weighted by molar-refractivity contribution is -0.385. The summed E-state index contributed by atoms with van der Waals surface area (Å²) in [5.41, 5.74) is 2.62. The number of hydrogen-bond acceptors (Lipinski definition) is 4. The molecule has 2 aromatic rings. The Bertz CT molecular complexity index is 798. The van der Waals surface area contributed by atoms with Gasteiger partial charge in [-0.25, -0.2) is 0 Å². The Balaban J connectivity index is 2.40. The molecule has 0 saturated carbocycles. The number of nitro groups is 1. The maximum atomic E-state index is 12.5. The number of benzene rings is 1. The number of pyridine rings is 1. The molecule has 0 spiro atoms. The molecule has 0 aliphatic carbocycles. The maximum Gasteiger partial charge on any atom is 0.285 e. The van der Waals surface area contributed by atoms with E-state index in [1.165, 1.54) is 0 Å². The molecule has 0 saturated heterocycles. The van der Waals surface area contributed by atoms with E-state index in [4.69, 9.17) is 0 Å². The molecular weight excluding hydrogens is 284 g/mol. The Kier molecular flexibility index (Phi) is 4.21. The number of aryl methyl sites for hydroxylation is 3. The van der Waals surface area contributed by atoms with Crippen LogP contribution in [0.4, 0.5) is 5.69 Å². The number of aromatic nitrogens is 1. The van der Waals surface area contributed by atoms with Crippen LogP contribution >= 0.6 is 0 Å². The van der Waals surface area contributed by atoms with Crippen LogP contribution < -0.4 is 5.56 Å². The van der Waals surface area contributed by atoms with Gasteiger partial charge in [0.25, 0.3) is 11.2 Å². The molecule has 0 unspecified atom stereocenters. The van der Waals surface area contributed by atoms with E-state index < -0.39 is 10.5 Å². The van der Waals surface area contributed by atoms with Crippen molar-refractivity contribution in [2.45, 2.75) is 27.3 Å². The van der Waals surface area contributed by atoms with Gasteiger partial charge in [0, 0.05) is 17.7 Å². The monoisotopic (exact) mass is 300 g/mol. The molecule has 0 atom stereocenters. The third-order valence-corrected chi connectivity index (χ3v) is 3.45. The van der Waals surface area contributed by atoms with Gasteiger partial charge in [-0.15, -0.1) is 0 Å². The van der Waals surface area contributed by atoms with Crippen molar-refractivity contribution in [1.29, 1.82) is 0 Å². The van der Waals surface area contributed by atoms with Gasteiger partial charge >= 0.3 is 0 Å². The number of ketones is 1. The van der Waals surface area contributed by atoms with Crippen LogP contribution in [0, 0.1) is 30.9 Å². The topological polar surface area (TPSA) is 82.2 Å². The summed E-state index contributed by atoms with van der Waals surface area (Å²) in [4.78, 5) is 34.4. The fourth-order valence-corrected chi connectivity index (χ4v) is 2.60. The fourth-order valence-electron chi connectivity index (χ4n) is 2.60. The van der Waals surface area contributed by atoms with Crippen molar-refractivity contribution in [3.8, 4) is 0 Å². The van der Waals surface area contributed by atoms with E-state index in [1.807, 2.05) is 32.9 Å². The summed E-state index contributed by atoms with van der Waals surface area (Å²) in [7, 11) is 0. The Morgan fingerprint density at radius 1 is 1.18 bits per heavy atom. The van der Waals surface area contributed by atoms with Gasteiger partial charge < -0.3 is 4.57 Å². The average Bonchev–Trinajstić information content (AvgIpc) is 2.39. The molecule has 0 bridgehead atoms. The smallest absolute Gasteiger partial charge is 0.285 e. The Hall–Kier alpha value is -2.76. The van der Waals surface area contributed by atoms with E-state index in [0.717, 1.165) is 39.6 Å². The predicted molar refractivity (Wildman–Crippen MR) is 82.3 cm³/mol. The minimum atomic E-state index is -0.594. The lowest BCUT2D eigenvalue weighted by Gasteiger charge is -2.11. The summed E-state index contributed by atoms with van der Waals surface area (Å²) < 4.78 is 1.07. The van der Waals surface area contributed by atoms with E-state index in [9.17, 15) is 19.7 Å². The molecule has 6 nitrogen and oxygen atoms in total. The molecule has 0 aliphatic rings. The standard InChI is InChI=1S/C16H16N2O4/c1-10-6-11(2)16(12(3)7-10)14(19)9-17-8-13(18(21)22)4-5-15(17)20/h4-8H,9H2,1-3H3. The van der Waals surface area contributed by atoms with Gasteiger partial charge in [0.05, 0.1) is 17.7 Å². The first-order valence-corrected chi connectivity index (χ1v) is 6.75. The molecular formula is C16H16N2O4. The van der Waals surface area contributed by atoms with E-state index in [1.54, 1.807) is 0 Å². The highest BCUT2D eigenvalue weighted by Crippen LogP contribution is 2.18. The number of nitrogens with zero attached hydrogens (tertiary/aromatic N) is 2. The van der Waals surface area contributed by atoms with E-state index in [-0.39, 0.29) is 18.0 Å². The zero-order chi connectivity index (χ0) is 16.4. The maximum absolute atomic E-state index is 12.5. The number of rotatable bonds is 4. The molecule has 6 heteroatoms. The van der Waals surface area contributed by atoms with E-state index in [2.05, 4.69) is 0 Å². The molecule has 0 N–H and O–H groups in total. The van der Waals surface area contributed by atoms with Crippen LogP contribution in [0.25, 0.3) is 0 Å². The van der Waals surface area contributed by atoms with Gasteiger partial charge in [-0.1, -0.05) is 17.7 Å². The normalized spacial score (nSPS) is 10.5. The van der Waals surface area contributed by atoms with Gasteiger partial charge in [-0.2, -0.15) is 0 Å². The van der Waals surface area contributed by atoms with Crippen molar-refractivity contribution in [2.24, 2.45) is 0 Å². The van der Waals surface area contributed by atoms with Crippen molar-refractivity contribution in [3.05, 3.63) is 73.2 Å². The highest BCUT2D eigenvalue weighted by molar-refractivity contribution is 5.98. The van der Waals surface area contributed by atoms with Crippen LogP contribution in [0.5, 0.6) is 0 Å². The Labute approximate surface area is 127 Å². The predicted octanol–water partition coefficient (Wildman–Crippen LogP) is 2.56. The average molecular weight is 300 g/mol. The highest BCUT2D eigenvalue weighted by Gasteiger charge is 2.15. The largest absolute Gasteiger partial charge is 0.301 e. The third-order valence-electron chi connectivity index (χ3n) is 3.45. The second kappa shape index (κ2) is 5.93. The SMILES string of the molecule is Cc1cc(C)c(C(=O)Cn2cc([N+](=O)[O-])ccc2=O)c(C)c1. The van der Waals surface area contributed by atoms with Crippen LogP contribution in [-0.2, 0) is 6.54 Å². The summed E-state index contributed by atoms with van der Waals surface area (Å²) in [5.74, 6) is -0.238. The first-order valence-electron chi connectivity index (χ1n) is 6.75. The molecule has 0 amide bonds. The van der Waals surface area contributed by atoms with Crippen LogP contribution in [0.2, 0.25) is 0 Å². The van der Waals surface area contributed by atoms with Crippen LogP contribution in [0.15, 0.2) is 35.3 Å². The number of Topliss-reactive ketones (excluding diaryl/α,β-unsaturated/α-hetero) is 1. The third kappa shape index (κ3) is 3.11. The molecule has 2 rings (SSSR count). The van der Waals surface area contributed by atoms with Crippen molar-refractivity contribution in [1.82, 2.24) is 4.57 Å². The molecule has 1 heterocycles. The molecule has 0 aliphatic heterocycles. The number of carbonyl (C=O) groups is 1. The fraction of sp³-hybridized carbons (Fsp3) is 0.250. The minimum Gasteiger partial charge on any atom is -0.301 e. The Morgan fingerprint density at radius 2 is 1.77 bits per heavy atom. The second-order valence-corrected chi connectivity index (χ2v) is 5.31. The van der Waals surface area contributed by atoms with Gasteiger partial charge in [0.15, 0.2) is 5.78 Å². The first kappa shape index (κ1) is 15.6.